The Morgan fingerprint density at radius 2 is 1.31 bits per heavy atom. The van der Waals surface area contributed by atoms with Gasteiger partial charge >= 0.3 is 11.9 Å². The van der Waals surface area contributed by atoms with Crippen molar-refractivity contribution < 1.29 is 19.1 Å². The molecule has 0 heterocycles. The van der Waals surface area contributed by atoms with Gasteiger partial charge in [0.05, 0.1) is 25.0 Å². The van der Waals surface area contributed by atoms with Crippen molar-refractivity contribution in [1.29, 1.82) is 0 Å². The fourth-order valence-corrected chi connectivity index (χ4v) is 3.65. The Morgan fingerprint density at radius 1 is 0.808 bits per heavy atom. The molecule has 4 heteroatoms. The van der Waals surface area contributed by atoms with Crippen LogP contribution in [0.2, 0.25) is 0 Å². The van der Waals surface area contributed by atoms with E-state index in [1.165, 1.54) is 32.1 Å². The second-order valence-corrected chi connectivity index (χ2v) is 8.14. The molecule has 2 atom stereocenters. The maximum absolute atomic E-state index is 12.4. The summed E-state index contributed by atoms with van der Waals surface area (Å²) < 4.78 is 10.7. The molecule has 2 unspecified atom stereocenters. The Bertz CT molecular complexity index is 392. The molecule has 0 aromatic rings. The minimum absolute atomic E-state index is 0.194. The highest BCUT2D eigenvalue weighted by molar-refractivity contribution is 5.82. The largest absolute Gasteiger partial charge is 0.465 e. The lowest BCUT2D eigenvalue weighted by molar-refractivity contribution is -0.163. The van der Waals surface area contributed by atoms with Gasteiger partial charge in [0.1, 0.15) is 0 Å². The van der Waals surface area contributed by atoms with E-state index in [0.29, 0.717) is 13.2 Å². The zero-order chi connectivity index (χ0) is 19.2. The first-order chi connectivity index (χ1) is 12.6. The first-order valence-corrected chi connectivity index (χ1v) is 10.9. The van der Waals surface area contributed by atoms with Gasteiger partial charge in [0.25, 0.3) is 0 Å². The van der Waals surface area contributed by atoms with E-state index in [4.69, 9.17) is 9.47 Å². The van der Waals surface area contributed by atoms with E-state index >= 15 is 0 Å². The van der Waals surface area contributed by atoms with Crippen molar-refractivity contribution in [3.05, 3.63) is 0 Å². The van der Waals surface area contributed by atoms with Crippen LogP contribution in [0.4, 0.5) is 0 Å². The standard InChI is InChI=1S/C22H40O4/c1-4-16-25-21(23)19-14-10-11-15-20(19)22(24)26-17-12-8-6-5-7-9-13-18(2)3/h18-20H,4-17H2,1-3H3. The molecule has 0 radical (unpaired) electrons. The molecule has 1 aliphatic rings. The number of rotatable bonds is 13. The first kappa shape index (κ1) is 23.0. The van der Waals surface area contributed by atoms with Crippen molar-refractivity contribution >= 4 is 11.9 Å². The average Bonchev–Trinajstić information content (AvgIpc) is 2.64. The molecule has 0 saturated heterocycles. The Balaban J connectivity index is 2.17. The van der Waals surface area contributed by atoms with Crippen LogP contribution in [0.3, 0.4) is 0 Å². The summed E-state index contributed by atoms with van der Waals surface area (Å²) in [5, 5.41) is 0. The predicted octanol–water partition coefficient (Wildman–Crippen LogP) is 5.68. The molecule has 0 spiro atoms. The van der Waals surface area contributed by atoms with Gasteiger partial charge in [-0.05, 0) is 31.6 Å². The highest BCUT2D eigenvalue weighted by Gasteiger charge is 2.37. The molecule has 0 bridgehead atoms. The molecular formula is C22H40O4. The summed E-state index contributed by atoms with van der Waals surface area (Å²) in [5.41, 5.74) is 0. The van der Waals surface area contributed by atoms with Gasteiger partial charge in [-0.2, -0.15) is 0 Å². The molecule has 0 aromatic carbocycles. The highest BCUT2D eigenvalue weighted by Crippen LogP contribution is 2.32. The summed E-state index contributed by atoms with van der Waals surface area (Å²) in [6.45, 7) is 7.44. The lowest BCUT2D eigenvalue weighted by Crippen LogP contribution is -2.35. The van der Waals surface area contributed by atoms with Gasteiger partial charge in [-0.25, -0.2) is 0 Å². The Labute approximate surface area is 160 Å². The number of hydrogen-bond donors (Lipinski definition) is 0. The van der Waals surface area contributed by atoms with Gasteiger partial charge in [-0.3, -0.25) is 9.59 Å². The van der Waals surface area contributed by atoms with Crippen molar-refractivity contribution in [3.63, 3.8) is 0 Å². The quantitative estimate of drug-likeness (QED) is 0.310. The van der Waals surface area contributed by atoms with Crippen molar-refractivity contribution in [2.24, 2.45) is 17.8 Å². The van der Waals surface area contributed by atoms with Crippen LogP contribution in [0, 0.1) is 17.8 Å². The third kappa shape index (κ3) is 9.59. The van der Waals surface area contributed by atoms with Gasteiger partial charge in [-0.15, -0.1) is 0 Å². The smallest absolute Gasteiger partial charge is 0.309 e. The summed E-state index contributed by atoms with van der Waals surface area (Å²) in [6.07, 6.45) is 12.8. The van der Waals surface area contributed by atoms with Gasteiger partial charge < -0.3 is 9.47 Å². The third-order valence-corrected chi connectivity index (χ3v) is 5.24. The molecule has 1 fully saturated rings. The van der Waals surface area contributed by atoms with E-state index in [-0.39, 0.29) is 23.8 Å². The molecule has 4 nitrogen and oxygen atoms in total. The maximum atomic E-state index is 12.4. The molecule has 0 aromatic heterocycles. The number of unbranched alkanes of at least 4 members (excludes halogenated alkanes) is 5. The number of hydrogen-bond acceptors (Lipinski definition) is 4. The molecule has 0 aliphatic heterocycles. The van der Waals surface area contributed by atoms with E-state index in [2.05, 4.69) is 13.8 Å². The van der Waals surface area contributed by atoms with Crippen molar-refractivity contribution in [2.75, 3.05) is 13.2 Å². The second-order valence-electron chi connectivity index (χ2n) is 8.14. The lowest BCUT2D eigenvalue weighted by atomic mass is 9.79. The second kappa shape index (κ2) is 14.1. The molecule has 26 heavy (non-hydrogen) atoms. The fraction of sp³-hybridized carbons (Fsp3) is 0.909. The molecular weight excluding hydrogens is 328 g/mol. The third-order valence-electron chi connectivity index (χ3n) is 5.24. The van der Waals surface area contributed by atoms with E-state index in [1.54, 1.807) is 0 Å². The fourth-order valence-electron chi connectivity index (χ4n) is 3.65. The molecule has 1 rings (SSSR count). The molecule has 152 valence electrons. The lowest BCUT2D eigenvalue weighted by Gasteiger charge is -2.28. The van der Waals surface area contributed by atoms with Crippen LogP contribution in [-0.4, -0.2) is 25.2 Å². The number of esters is 2. The predicted molar refractivity (Wildman–Crippen MR) is 105 cm³/mol. The molecule has 0 amide bonds. The van der Waals surface area contributed by atoms with Gasteiger partial charge in [0.15, 0.2) is 0 Å². The number of carbonyl (C=O) groups is 2. The van der Waals surface area contributed by atoms with Crippen molar-refractivity contribution in [3.8, 4) is 0 Å². The SMILES string of the molecule is CCCOC(=O)C1CCCCC1C(=O)OCCCCCCCCC(C)C. The van der Waals surface area contributed by atoms with Crippen LogP contribution in [0.1, 0.15) is 97.8 Å². The monoisotopic (exact) mass is 368 g/mol. The van der Waals surface area contributed by atoms with Crippen LogP contribution >= 0.6 is 0 Å². The first-order valence-electron chi connectivity index (χ1n) is 10.9. The van der Waals surface area contributed by atoms with Crippen molar-refractivity contribution in [2.45, 2.75) is 97.8 Å². The summed E-state index contributed by atoms with van der Waals surface area (Å²) in [5.74, 6) is -0.208. The zero-order valence-electron chi connectivity index (χ0n) is 17.3. The number of carbonyl (C=O) groups excluding carboxylic acids is 2. The Kier molecular flexibility index (Phi) is 12.4. The molecule has 1 aliphatic carbocycles. The van der Waals surface area contributed by atoms with E-state index in [9.17, 15) is 9.59 Å². The van der Waals surface area contributed by atoms with Crippen LogP contribution in [-0.2, 0) is 19.1 Å². The normalized spacial score (nSPS) is 20.2. The van der Waals surface area contributed by atoms with E-state index in [0.717, 1.165) is 50.9 Å². The number of ether oxygens (including phenoxy) is 2. The average molecular weight is 369 g/mol. The van der Waals surface area contributed by atoms with Gasteiger partial charge in [0, 0.05) is 0 Å². The summed E-state index contributed by atoms with van der Waals surface area (Å²) in [7, 11) is 0. The summed E-state index contributed by atoms with van der Waals surface area (Å²) >= 11 is 0. The van der Waals surface area contributed by atoms with E-state index < -0.39 is 0 Å². The van der Waals surface area contributed by atoms with Crippen molar-refractivity contribution in [1.82, 2.24) is 0 Å². The minimum Gasteiger partial charge on any atom is -0.465 e. The summed E-state index contributed by atoms with van der Waals surface area (Å²) in [4.78, 5) is 24.6. The van der Waals surface area contributed by atoms with Gasteiger partial charge in [-0.1, -0.05) is 72.1 Å². The maximum Gasteiger partial charge on any atom is 0.309 e. The van der Waals surface area contributed by atoms with Crippen LogP contribution in [0.5, 0.6) is 0 Å². The minimum atomic E-state index is -0.302. The summed E-state index contributed by atoms with van der Waals surface area (Å²) in [6, 6.07) is 0. The molecule has 1 saturated carbocycles. The van der Waals surface area contributed by atoms with E-state index in [1.807, 2.05) is 6.92 Å². The Hall–Kier alpha value is -1.06. The topological polar surface area (TPSA) is 52.6 Å². The zero-order valence-corrected chi connectivity index (χ0v) is 17.3. The van der Waals surface area contributed by atoms with Crippen LogP contribution < -0.4 is 0 Å². The Morgan fingerprint density at radius 3 is 1.85 bits per heavy atom. The molecule has 0 N–H and O–H groups in total. The van der Waals surface area contributed by atoms with Gasteiger partial charge in [0.2, 0.25) is 0 Å². The highest BCUT2D eigenvalue weighted by atomic mass is 16.5. The van der Waals surface area contributed by atoms with Crippen LogP contribution in [0.25, 0.3) is 0 Å². The van der Waals surface area contributed by atoms with Crippen LogP contribution in [0.15, 0.2) is 0 Å².